The van der Waals surface area contributed by atoms with Crippen molar-refractivity contribution in [2.24, 2.45) is 11.3 Å². The highest BCUT2D eigenvalue weighted by atomic mass is 19.1. The van der Waals surface area contributed by atoms with Crippen molar-refractivity contribution < 1.29 is 42.6 Å². The third-order valence-corrected chi connectivity index (χ3v) is 15.2. The van der Waals surface area contributed by atoms with Gasteiger partial charge in [-0.2, -0.15) is 0 Å². The minimum absolute atomic E-state index is 0.00243. The lowest BCUT2D eigenvalue weighted by molar-refractivity contribution is -0.156. The summed E-state index contributed by atoms with van der Waals surface area (Å²) in [7, 11) is 6.81. The Morgan fingerprint density at radius 3 is 2.31 bits per heavy atom. The fraction of sp³-hybridized carbons (Fsp3) is 0.643. The maximum absolute atomic E-state index is 16.5. The summed E-state index contributed by atoms with van der Waals surface area (Å²) in [4.78, 5) is 80.6. The van der Waals surface area contributed by atoms with Crippen LogP contribution in [0.5, 0.6) is 0 Å². The van der Waals surface area contributed by atoms with Gasteiger partial charge in [-0.3, -0.25) is 38.9 Å². The van der Waals surface area contributed by atoms with Crippen LogP contribution in [-0.2, 0) is 51.1 Å². The van der Waals surface area contributed by atoms with Gasteiger partial charge in [0.05, 0.1) is 42.9 Å². The lowest BCUT2D eigenvalue weighted by Crippen LogP contribution is -2.62. The van der Waals surface area contributed by atoms with Crippen molar-refractivity contribution in [1.82, 2.24) is 40.0 Å². The van der Waals surface area contributed by atoms with Gasteiger partial charge in [-0.1, -0.05) is 40.5 Å². The van der Waals surface area contributed by atoms with Crippen LogP contribution in [0.2, 0.25) is 0 Å². The van der Waals surface area contributed by atoms with E-state index in [1.165, 1.54) is 17.0 Å². The molecule has 17 nitrogen and oxygen atoms in total. The van der Waals surface area contributed by atoms with Crippen LogP contribution in [0, 0.1) is 23.2 Å². The van der Waals surface area contributed by atoms with E-state index >= 15 is 4.39 Å². The van der Waals surface area contributed by atoms with Gasteiger partial charge in [-0.25, -0.2) is 9.82 Å². The second-order valence-electron chi connectivity index (χ2n) is 22.0. The topological polar surface area (TPSA) is 171 Å². The van der Waals surface area contributed by atoms with Gasteiger partial charge >= 0.3 is 5.97 Å². The van der Waals surface area contributed by atoms with Crippen molar-refractivity contribution in [3.63, 3.8) is 0 Å². The van der Waals surface area contributed by atoms with Gasteiger partial charge in [0.25, 0.3) is 17.7 Å². The Labute approximate surface area is 438 Å². The number of methoxy groups -OCH3 is 1. The molecule has 3 aromatic rings. The molecule has 1 aromatic carbocycles. The lowest BCUT2D eigenvalue weighted by Gasteiger charge is -2.40. The highest BCUT2D eigenvalue weighted by Crippen LogP contribution is 2.42. The summed E-state index contributed by atoms with van der Waals surface area (Å²) in [6.07, 6.45) is 2.78. The summed E-state index contributed by atoms with van der Waals surface area (Å²) in [6.45, 7) is 21.4. The number of piperidine rings is 1. The van der Waals surface area contributed by atoms with E-state index < -0.39 is 70.3 Å². The van der Waals surface area contributed by atoms with E-state index in [9.17, 15) is 24.0 Å². The van der Waals surface area contributed by atoms with E-state index in [-0.39, 0.29) is 45.1 Å². The number of likely N-dealkylation sites (tertiary alicyclic amines) is 1. The van der Waals surface area contributed by atoms with Crippen LogP contribution in [0.3, 0.4) is 0 Å². The second kappa shape index (κ2) is 24.4. The number of carbonyl (C=O) groups excluding carboxylic acids is 5. The van der Waals surface area contributed by atoms with Crippen LogP contribution in [0.25, 0.3) is 22.2 Å². The molecule has 1 unspecified atom stereocenters. The number of ether oxygens (including phenoxy) is 3. The number of esters is 1. The Hall–Kier alpha value is -5.61. The van der Waals surface area contributed by atoms with E-state index in [0.29, 0.717) is 45.6 Å². The number of nitrogens with zero attached hydrogens (tertiary/aromatic N) is 7. The average Bonchev–Trinajstić information content (AvgIpc) is 3.69. The number of benzene rings is 1. The highest BCUT2D eigenvalue weighted by molar-refractivity contribution is 5.97. The third-order valence-electron chi connectivity index (χ3n) is 15.2. The second-order valence-corrected chi connectivity index (χ2v) is 22.0. The number of anilines is 1. The summed E-state index contributed by atoms with van der Waals surface area (Å²) in [5, 5.41) is 5.33. The van der Waals surface area contributed by atoms with Gasteiger partial charge < -0.3 is 38.8 Å². The molecule has 0 saturated carbocycles. The van der Waals surface area contributed by atoms with E-state index in [4.69, 9.17) is 19.2 Å². The Morgan fingerprint density at radius 2 is 1.69 bits per heavy atom. The zero-order valence-electron chi connectivity index (χ0n) is 46.2. The fourth-order valence-corrected chi connectivity index (χ4v) is 10.1. The molecule has 3 aliphatic rings. The number of aryl methyl sites for hydroxylation is 1. The van der Waals surface area contributed by atoms with Crippen LogP contribution in [0.4, 0.5) is 10.1 Å². The molecule has 2 N–H and O–H groups in total. The molecule has 3 saturated heterocycles. The molecule has 2 aromatic heterocycles. The zero-order valence-corrected chi connectivity index (χ0v) is 46.2. The SMILES string of the molecule is CC[C@H](NC(=O)[C@H](C(C)C)N(C)C(=O)C1(F)CCN(C(=O)C#CC(C)(C)N(C)C)CC1)C(=O)N1CCCC(C(=O)OCC(C)(C)Cc2c(-c3cccnc3[C@H](C)OC)n(CC)c3ccc(N4CCOCC4)cc23)N1. The number of hydrogen-bond acceptors (Lipinski definition) is 12. The number of likely N-dealkylation sites (N-methyl/N-ethyl adjacent to an activating group) is 1. The Kier molecular flexibility index (Phi) is 19.0. The number of alkyl halides is 1. The molecular weight excluding hydrogens is 946 g/mol. The molecule has 0 aliphatic carbocycles. The third kappa shape index (κ3) is 13.1. The number of nitrogens with one attached hydrogen (secondary N) is 2. The summed E-state index contributed by atoms with van der Waals surface area (Å²) in [5.74, 6) is 2.37. The van der Waals surface area contributed by atoms with Gasteiger partial charge in [0, 0.05) is 100 Å². The lowest BCUT2D eigenvalue weighted by atomic mass is 9.84. The summed E-state index contributed by atoms with van der Waals surface area (Å²) >= 11 is 0. The largest absolute Gasteiger partial charge is 0.464 e. The first-order chi connectivity index (χ1) is 35.0. The van der Waals surface area contributed by atoms with Gasteiger partial charge in [0.15, 0.2) is 5.67 Å². The first-order valence-corrected chi connectivity index (χ1v) is 26.4. The minimum Gasteiger partial charge on any atom is -0.464 e. The molecule has 74 heavy (non-hydrogen) atoms. The molecule has 5 heterocycles. The standard InChI is InChI=1S/C56H82FN9O8/c1-14-43(59-50(68)48(37(3)4)62(12)53(71)56(57)24-28-64(29-25-56)46(67)22-23-55(8,9)61(10)11)51(69)66-27-17-19-44(60-66)52(70)74-36-54(6,7)35-42-41-34-39(63-30-32-73-33-31-63)20-21-45(41)65(15-2)49(42)40-18-16-26-58-47(40)38(5)72-13/h16,18,20-21,26,34,37-38,43-44,48,60H,14-15,17,19,24-25,27-33,35-36H2,1-13H3,(H,59,68)/t38-,43-,44?,48-/m0/s1. The maximum atomic E-state index is 16.5. The molecule has 4 atom stereocenters. The molecule has 0 bridgehead atoms. The predicted octanol–water partition coefficient (Wildman–Crippen LogP) is 5.93. The molecular formula is C56H82FN9O8. The first-order valence-electron chi connectivity index (χ1n) is 26.4. The monoisotopic (exact) mass is 1030 g/mol. The van der Waals surface area contributed by atoms with Crippen molar-refractivity contribution in [3.8, 4) is 23.1 Å². The number of amides is 4. The van der Waals surface area contributed by atoms with E-state index in [1.807, 2.05) is 45.8 Å². The molecule has 0 radical (unpaired) electrons. The van der Waals surface area contributed by atoms with Crippen LogP contribution >= 0.6 is 0 Å². The van der Waals surface area contributed by atoms with Crippen molar-refractivity contribution in [3.05, 3.63) is 47.8 Å². The summed E-state index contributed by atoms with van der Waals surface area (Å²) in [6, 6.07) is 7.78. The molecule has 406 valence electrons. The Balaban J connectivity index is 1.11. The summed E-state index contributed by atoms with van der Waals surface area (Å²) < 4.78 is 36.4. The van der Waals surface area contributed by atoms with Crippen LogP contribution < -0.4 is 15.6 Å². The number of morpholine rings is 1. The molecule has 3 fully saturated rings. The Bertz CT molecular complexity index is 2550. The van der Waals surface area contributed by atoms with E-state index in [1.54, 1.807) is 34.1 Å². The predicted molar refractivity (Wildman–Crippen MR) is 284 cm³/mol. The van der Waals surface area contributed by atoms with Crippen molar-refractivity contribution >= 4 is 46.2 Å². The normalized spacial score (nSPS) is 18.6. The number of pyridine rings is 1. The number of fused-ring (bicyclic) bond motifs is 1. The van der Waals surface area contributed by atoms with Gasteiger partial charge in [-0.05, 0) is 115 Å². The maximum Gasteiger partial charge on any atom is 0.324 e. The van der Waals surface area contributed by atoms with Crippen molar-refractivity contribution in [2.75, 3.05) is 85.7 Å². The van der Waals surface area contributed by atoms with E-state index in [0.717, 1.165) is 57.1 Å². The number of carbonyl (C=O) groups is 5. The molecule has 4 amide bonds. The van der Waals surface area contributed by atoms with Crippen LogP contribution in [-0.4, -0.2) is 169 Å². The van der Waals surface area contributed by atoms with Gasteiger partial charge in [-0.15, -0.1) is 0 Å². The van der Waals surface area contributed by atoms with Gasteiger partial charge in [0.1, 0.15) is 18.1 Å². The quantitative estimate of drug-likeness (QED) is 0.114. The molecule has 3 aliphatic heterocycles. The minimum atomic E-state index is -2.30. The average molecular weight is 1030 g/mol. The van der Waals surface area contributed by atoms with Crippen LogP contribution in [0.1, 0.15) is 112 Å². The Morgan fingerprint density at radius 1 is 1.00 bits per heavy atom. The molecule has 0 spiro atoms. The van der Waals surface area contributed by atoms with Crippen LogP contribution in [0.15, 0.2) is 36.5 Å². The summed E-state index contributed by atoms with van der Waals surface area (Å²) in [5.41, 5.74) is 5.92. The first kappa shape index (κ1) is 57.7. The fourth-order valence-electron chi connectivity index (χ4n) is 10.1. The smallest absolute Gasteiger partial charge is 0.324 e. The zero-order chi connectivity index (χ0) is 54.3. The number of hydrazine groups is 1. The molecule has 18 heteroatoms. The number of hydrogen-bond donors (Lipinski definition) is 2. The number of aromatic nitrogens is 2. The van der Waals surface area contributed by atoms with Crippen molar-refractivity contribution in [2.45, 2.75) is 143 Å². The highest BCUT2D eigenvalue weighted by Gasteiger charge is 2.47. The molecule has 6 rings (SSSR count). The number of rotatable bonds is 18. The van der Waals surface area contributed by atoms with Crippen molar-refractivity contribution in [1.29, 1.82) is 0 Å². The van der Waals surface area contributed by atoms with Gasteiger partial charge in [0.2, 0.25) is 5.91 Å². The number of halogens is 1. The van der Waals surface area contributed by atoms with E-state index in [2.05, 4.69) is 77.1 Å².